The number of nitrogens with one attached hydrogen (secondary N) is 1. The Kier molecular flexibility index (Phi) is 5.71. The van der Waals surface area contributed by atoms with Crippen molar-refractivity contribution in [1.82, 2.24) is 5.32 Å². The van der Waals surface area contributed by atoms with Gasteiger partial charge in [-0.15, -0.1) is 0 Å². The lowest BCUT2D eigenvalue weighted by Gasteiger charge is -2.17. The Morgan fingerprint density at radius 1 is 1.38 bits per heavy atom. The first-order valence-electron chi connectivity index (χ1n) is 4.83. The lowest BCUT2D eigenvalue weighted by atomic mass is 9.92. The molecule has 2 N–H and O–H groups in total. The van der Waals surface area contributed by atoms with E-state index in [-0.39, 0.29) is 17.9 Å². The van der Waals surface area contributed by atoms with E-state index in [0.717, 1.165) is 13.0 Å². The van der Waals surface area contributed by atoms with E-state index in [9.17, 15) is 4.79 Å². The fraction of sp³-hybridized carbons (Fsp3) is 0.900. The highest BCUT2D eigenvalue weighted by atomic mass is 16.3. The van der Waals surface area contributed by atoms with Crippen LogP contribution in [0.3, 0.4) is 0 Å². The van der Waals surface area contributed by atoms with Gasteiger partial charge < -0.3 is 10.4 Å². The highest BCUT2D eigenvalue weighted by Gasteiger charge is 2.09. The number of amides is 1. The largest absolute Gasteiger partial charge is 0.396 e. The van der Waals surface area contributed by atoms with Crippen molar-refractivity contribution >= 4 is 5.91 Å². The summed E-state index contributed by atoms with van der Waals surface area (Å²) in [5.41, 5.74) is 0.268. The Morgan fingerprint density at radius 3 is 2.46 bits per heavy atom. The fourth-order valence-electron chi connectivity index (χ4n) is 0.905. The summed E-state index contributed by atoms with van der Waals surface area (Å²) >= 11 is 0. The summed E-state index contributed by atoms with van der Waals surface area (Å²) < 4.78 is 0. The Labute approximate surface area is 80.5 Å². The van der Waals surface area contributed by atoms with E-state index in [1.54, 1.807) is 0 Å². The zero-order chi connectivity index (χ0) is 10.3. The molecule has 3 nitrogen and oxygen atoms in total. The number of hydrogen-bond acceptors (Lipinski definition) is 2. The normalized spacial score (nSPS) is 11.4. The van der Waals surface area contributed by atoms with Crippen molar-refractivity contribution in [2.45, 2.75) is 40.0 Å². The second-order valence-electron chi connectivity index (χ2n) is 4.49. The number of aliphatic hydroxyl groups excluding tert-OH is 1. The van der Waals surface area contributed by atoms with Gasteiger partial charge in [-0.1, -0.05) is 20.8 Å². The Hall–Kier alpha value is -0.570. The summed E-state index contributed by atoms with van der Waals surface area (Å²) in [5.74, 6) is 0.0401. The molecular formula is C10H21NO2. The molecule has 78 valence electrons. The summed E-state index contributed by atoms with van der Waals surface area (Å²) in [6.45, 7) is 7.26. The molecule has 0 atom stereocenters. The first kappa shape index (κ1) is 12.4. The van der Waals surface area contributed by atoms with Crippen molar-refractivity contribution in [3.63, 3.8) is 0 Å². The van der Waals surface area contributed by atoms with Crippen LogP contribution in [0.5, 0.6) is 0 Å². The zero-order valence-corrected chi connectivity index (χ0v) is 8.89. The van der Waals surface area contributed by atoms with Gasteiger partial charge in [-0.3, -0.25) is 4.79 Å². The van der Waals surface area contributed by atoms with E-state index in [1.807, 2.05) is 0 Å². The van der Waals surface area contributed by atoms with Gasteiger partial charge >= 0.3 is 0 Å². The zero-order valence-electron chi connectivity index (χ0n) is 8.89. The van der Waals surface area contributed by atoms with Crippen molar-refractivity contribution in [1.29, 1.82) is 0 Å². The molecule has 0 aliphatic carbocycles. The number of carbonyl (C=O) groups is 1. The van der Waals surface area contributed by atoms with Crippen molar-refractivity contribution in [2.75, 3.05) is 13.2 Å². The minimum Gasteiger partial charge on any atom is -0.396 e. The van der Waals surface area contributed by atoms with E-state index in [1.165, 1.54) is 0 Å². The van der Waals surface area contributed by atoms with Crippen LogP contribution in [0.4, 0.5) is 0 Å². The van der Waals surface area contributed by atoms with Gasteiger partial charge in [-0.25, -0.2) is 0 Å². The standard InChI is InChI=1S/C10H21NO2/c1-10(2,3)6-7-11-9(13)5-4-8-12/h12H,4-8H2,1-3H3,(H,11,13). The predicted octanol–water partition coefficient (Wildman–Crippen LogP) is 1.31. The third kappa shape index (κ3) is 9.34. The average molecular weight is 187 g/mol. The Morgan fingerprint density at radius 2 is 2.00 bits per heavy atom. The summed E-state index contributed by atoms with van der Waals surface area (Å²) in [5, 5.41) is 11.3. The van der Waals surface area contributed by atoms with Crippen LogP contribution in [0.1, 0.15) is 40.0 Å². The highest BCUT2D eigenvalue weighted by Crippen LogP contribution is 2.16. The maximum atomic E-state index is 11.1. The maximum Gasteiger partial charge on any atom is 0.220 e. The summed E-state index contributed by atoms with van der Waals surface area (Å²) in [6, 6.07) is 0. The first-order chi connectivity index (χ1) is 5.95. The molecule has 13 heavy (non-hydrogen) atoms. The Balaban J connectivity index is 3.37. The SMILES string of the molecule is CC(C)(C)CCNC(=O)CCCO. The van der Waals surface area contributed by atoms with Gasteiger partial charge in [0.05, 0.1) is 0 Å². The molecule has 0 bridgehead atoms. The van der Waals surface area contributed by atoms with E-state index in [2.05, 4.69) is 26.1 Å². The number of hydrogen-bond donors (Lipinski definition) is 2. The molecule has 0 aromatic rings. The molecular weight excluding hydrogens is 166 g/mol. The number of carbonyl (C=O) groups excluding carboxylic acids is 1. The molecule has 0 radical (unpaired) electrons. The molecule has 0 rings (SSSR count). The second-order valence-corrected chi connectivity index (χ2v) is 4.49. The van der Waals surface area contributed by atoms with Crippen LogP contribution >= 0.6 is 0 Å². The molecule has 0 spiro atoms. The summed E-state index contributed by atoms with van der Waals surface area (Å²) in [7, 11) is 0. The van der Waals surface area contributed by atoms with Gasteiger partial charge in [0.25, 0.3) is 0 Å². The average Bonchev–Trinajstić information content (AvgIpc) is 1.98. The second kappa shape index (κ2) is 5.97. The minimum absolute atomic E-state index is 0.0401. The maximum absolute atomic E-state index is 11.1. The Bertz CT molecular complexity index is 149. The van der Waals surface area contributed by atoms with Gasteiger partial charge in [0.15, 0.2) is 0 Å². The van der Waals surface area contributed by atoms with Crippen molar-refractivity contribution in [3.8, 4) is 0 Å². The van der Waals surface area contributed by atoms with Crippen LogP contribution in [-0.2, 0) is 4.79 Å². The van der Waals surface area contributed by atoms with Gasteiger partial charge in [0, 0.05) is 19.6 Å². The number of rotatable bonds is 5. The molecule has 0 unspecified atom stereocenters. The topological polar surface area (TPSA) is 49.3 Å². The van der Waals surface area contributed by atoms with Crippen LogP contribution in [0, 0.1) is 5.41 Å². The van der Waals surface area contributed by atoms with Gasteiger partial charge in [0.2, 0.25) is 5.91 Å². The minimum atomic E-state index is 0.0401. The summed E-state index contributed by atoms with van der Waals surface area (Å²) in [6.07, 6.45) is 1.97. The third-order valence-electron chi connectivity index (χ3n) is 1.76. The van der Waals surface area contributed by atoms with Gasteiger partial charge in [-0.05, 0) is 18.3 Å². The van der Waals surface area contributed by atoms with E-state index < -0.39 is 0 Å². The van der Waals surface area contributed by atoms with Crippen LogP contribution < -0.4 is 5.32 Å². The van der Waals surface area contributed by atoms with Gasteiger partial charge in [0.1, 0.15) is 0 Å². The molecule has 0 saturated carbocycles. The molecule has 0 saturated heterocycles. The summed E-state index contributed by atoms with van der Waals surface area (Å²) in [4.78, 5) is 11.1. The quantitative estimate of drug-likeness (QED) is 0.682. The predicted molar refractivity (Wildman–Crippen MR) is 53.4 cm³/mol. The molecule has 1 amide bonds. The smallest absolute Gasteiger partial charge is 0.220 e. The van der Waals surface area contributed by atoms with Crippen LogP contribution in [0.15, 0.2) is 0 Å². The first-order valence-corrected chi connectivity index (χ1v) is 4.83. The van der Waals surface area contributed by atoms with E-state index in [0.29, 0.717) is 12.8 Å². The molecule has 0 aromatic carbocycles. The van der Waals surface area contributed by atoms with E-state index >= 15 is 0 Å². The van der Waals surface area contributed by atoms with Crippen molar-refractivity contribution in [2.24, 2.45) is 5.41 Å². The van der Waals surface area contributed by atoms with Crippen LogP contribution in [0.2, 0.25) is 0 Å². The van der Waals surface area contributed by atoms with Crippen LogP contribution in [-0.4, -0.2) is 24.2 Å². The molecule has 0 aromatic heterocycles. The molecule has 0 heterocycles. The lowest BCUT2D eigenvalue weighted by molar-refractivity contribution is -0.121. The monoisotopic (exact) mass is 187 g/mol. The van der Waals surface area contributed by atoms with Gasteiger partial charge in [-0.2, -0.15) is 0 Å². The van der Waals surface area contributed by atoms with Crippen molar-refractivity contribution < 1.29 is 9.90 Å². The molecule has 0 fully saturated rings. The molecule has 0 aliphatic heterocycles. The fourth-order valence-corrected chi connectivity index (χ4v) is 0.905. The highest BCUT2D eigenvalue weighted by molar-refractivity contribution is 5.75. The third-order valence-corrected chi connectivity index (χ3v) is 1.76. The number of aliphatic hydroxyl groups is 1. The lowest BCUT2D eigenvalue weighted by Crippen LogP contribution is -2.27. The van der Waals surface area contributed by atoms with E-state index in [4.69, 9.17) is 5.11 Å². The van der Waals surface area contributed by atoms with Crippen LogP contribution in [0.25, 0.3) is 0 Å². The molecule has 3 heteroatoms. The molecule has 0 aliphatic rings. The van der Waals surface area contributed by atoms with Crippen molar-refractivity contribution in [3.05, 3.63) is 0 Å².